The summed E-state index contributed by atoms with van der Waals surface area (Å²) in [7, 11) is -1.91. The van der Waals surface area contributed by atoms with Crippen molar-refractivity contribution in [1.82, 2.24) is 19.4 Å². The van der Waals surface area contributed by atoms with Crippen molar-refractivity contribution >= 4 is 15.8 Å². The van der Waals surface area contributed by atoms with Crippen LogP contribution in [0.15, 0.2) is 4.90 Å². The second kappa shape index (κ2) is 4.71. The fraction of sp³-hybridized carbons (Fsp3) is 0.750. The molecule has 3 fully saturated rings. The first-order chi connectivity index (χ1) is 9.38. The number of sulfonamides is 1. The van der Waals surface area contributed by atoms with Gasteiger partial charge in [-0.05, 0) is 38.8 Å². The maximum atomic E-state index is 12.6. The molecule has 3 aliphatic rings. The van der Waals surface area contributed by atoms with Crippen LogP contribution in [0.25, 0.3) is 0 Å². The highest BCUT2D eigenvalue weighted by Crippen LogP contribution is 2.29. The van der Waals surface area contributed by atoms with Crippen molar-refractivity contribution < 1.29 is 8.42 Å². The molecule has 0 saturated carbocycles. The first kappa shape index (κ1) is 13.8. The van der Waals surface area contributed by atoms with Crippen LogP contribution < -0.4 is 10.5 Å². The summed E-state index contributed by atoms with van der Waals surface area (Å²) < 4.78 is 29.5. The average molecular weight is 299 g/mol. The maximum Gasteiger partial charge on any atom is 0.246 e. The third-order valence-corrected chi connectivity index (χ3v) is 6.19. The molecular weight excluding hydrogens is 278 g/mol. The minimum Gasteiger partial charge on any atom is -0.381 e. The van der Waals surface area contributed by atoms with Crippen molar-refractivity contribution in [2.75, 3.05) is 25.4 Å². The molecule has 3 N–H and O–H groups in total. The molecule has 3 aliphatic heterocycles. The number of hydrogen-bond acceptors (Lipinski definition) is 5. The summed E-state index contributed by atoms with van der Waals surface area (Å²) in [4.78, 5) is 2.43. The molecule has 0 aliphatic carbocycles. The van der Waals surface area contributed by atoms with E-state index in [0.717, 1.165) is 32.5 Å². The number of nitrogens with one attached hydrogen (secondary N) is 1. The summed E-state index contributed by atoms with van der Waals surface area (Å²) in [5.41, 5.74) is 6.31. The van der Waals surface area contributed by atoms with Crippen molar-refractivity contribution in [3.63, 3.8) is 0 Å². The van der Waals surface area contributed by atoms with Gasteiger partial charge in [0, 0.05) is 19.6 Å². The molecule has 0 aromatic carbocycles. The number of piperidine rings is 3. The Kier molecular flexibility index (Phi) is 3.26. The Morgan fingerprint density at radius 2 is 2.00 bits per heavy atom. The highest BCUT2D eigenvalue weighted by atomic mass is 32.2. The topological polar surface area (TPSA) is 93.2 Å². The van der Waals surface area contributed by atoms with Crippen LogP contribution in [0, 0.1) is 12.8 Å². The average Bonchev–Trinajstić information content (AvgIpc) is 2.64. The molecular formula is C12H21N5O2S. The second-order valence-electron chi connectivity index (χ2n) is 5.79. The van der Waals surface area contributed by atoms with E-state index in [-0.39, 0.29) is 16.8 Å². The van der Waals surface area contributed by atoms with Crippen LogP contribution in [0.5, 0.6) is 0 Å². The molecule has 4 heterocycles. The molecule has 4 rings (SSSR count). The van der Waals surface area contributed by atoms with Gasteiger partial charge in [0.05, 0.1) is 5.69 Å². The molecule has 0 radical (unpaired) electrons. The minimum atomic E-state index is -3.61. The Labute approximate surface area is 119 Å². The molecule has 1 atom stereocenters. The van der Waals surface area contributed by atoms with E-state index in [0.29, 0.717) is 11.6 Å². The molecule has 1 aromatic rings. The monoisotopic (exact) mass is 299 g/mol. The van der Waals surface area contributed by atoms with Gasteiger partial charge in [0.2, 0.25) is 10.0 Å². The van der Waals surface area contributed by atoms with Crippen LogP contribution in [0.2, 0.25) is 0 Å². The molecule has 1 aromatic heterocycles. The number of hydrogen-bond donors (Lipinski definition) is 2. The second-order valence-corrected chi connectivity index (χ2v) is 7.44. The predicted molar refractivity (Wildman–Crippen MR) is 75.6 cm³/mol. The van der Waals surface area contributed by atoms with E-state index in [2.05, 4.69) is 14.7 Å². The zero-order chi connectivity index (χ0) is 14.5. The Hall–Kier alpha value is -1.12. The van der Waals surface area contributed by atoms with Crippen molar-refractivity contribution in [2.24, 2.45) is 13.0 Å². The molecule has 7 nitrogen and oxygen atoms in total. The molecule has 112 valence electrons. The van der Waals surface area contributed by atoms with Gasteiger partial charge in [-0.15, -0.1) is 0 Å². The number of fused-ring (bicyclic) bond motifs is 3. The van der Waals surface area contributed by atoms with Crippen LogP contribution in [0.4, 0.5) is 5.82 Å². The Bertz CT molecular complexity index is 616. The van der Waals surface area contributed by atoms with Gasteiger partial charge in [0.15, 0.2) is 5.82 Å². The minimum absolute atomic E-state index is 0.0125. The normalized spacial score (nSPS) is 29.8. The van der Waals surface area contributed by atoms with Crippen molar-refractivity contribution in [3.8, 4) is 0 Å². The number of aromatic nitrogens is 2. The van der Waals surface area contributed by atoms with Gasteiger partial charge in [0.1, 0.15) is 4.90 Å². The smallest absolute Gasteiger partial charge is 0.246 e. The van der Waals surface area contributed by atoms with E-state index in [1.165, 1.54) is 4.68 Å². The van der Waals surface area contributed by atoms with Crippen LogP contribution in [-0.2, 0) is 17.1 Å². The van der Waals surface area contributed by atoms with Crippen molar-refractivity contribution in [1.29, 1.82) is 0 Å². The number of nitrogens with zero attached hydrogens (tertiary/aromatic N) is 3. The number of anilines is 1. The number of aryl methyl sites for hydroxylation is 1. The lowest BCUT2D eigenvalue weighted by molar-refractivity contribution is 0.0827. The third kappa shape index (κ3) is 2.21. The molecule has 0 spiro atoms. The fourth-order valence-electron chi connectivity index (χ4n) is 3.30. The summed E-state index contributed by atoms with van der Waals surface area (Å²) in [6.45, 7) is 4.67. The molecule has 2 bridgehead atoms. The van der Waals surface area contributed by atoms with Gasteiger partial charge in [-0.1, -0.05) is 0 Å². The molecule has 20 heavy (non-hydrogen) atoms. The summed E-state index contributed by atoms with van der Waals surface area (Å²) >= 11 is 0. The maximum absolute atomic E-state index is 12.6. The lowest BCUT2D eigenvalue weighted by Crippen LogP contribution is -2.57. The van der Waals surface area contributed by atoms with E-state index in [9.17, 15) is 8.42 Å². The highest BCUT2D eigenvalue weighted by Gasteiger charge is 2.37. The largest absolute Gasteiger partial charge is 0.381 e. The first-order valence-electron chi connectivity index (χ1n) is 6.92. The number of nitrogens with two attached hydrogens (primary N) is 1. The Morgan fingerprint density at radius 3 is 2.45 bits per heavy atom. The predicted octanol–water partition coefficient (Wildman–Crippen LogP) is -0.317. The molecule has 3 saturated heterocycles. The van der Waals surface area contributed by atoms with Gasteiger partial charge < -0.3 is 10.6 Å². The van der Waals surface area contributed by atoms with Crippen molar-refractivity contribution in [3.05, 3.63) is 5.69 Å². The molecule has 1 unspecified atom stereocenters. The van der Waals surface area contributed by atoms with E-state index in [4.69, 9.17) is 5.73 Å². The van der Waals surface area contributed by atoms with Crippen LogP contribution in [0.1, 0.15) is 18.5 Å². The van der Waals surface area contributed by atoms with E-state index in [1.807, 2.05) is 0 Å². The van der Waals surface area contributed by atoms with Gasteiger partial charge in [-0.25, -0.2) is 13.1 Å². The summed E-state index contributed by atoms with van der Waals surface area (Å²) in [5.74, 6) is 0.506. The highest BCUT2D eigenvalue weighted by molar-refractivity contribution is 7.89. The van der Waals surface area contributed by atoms with Crippen LogP contribution >= 0.6 is 0 Å². The summed E-state index contributed by atoms with van der Waals surface area (Å²) in [6, 6.07) is -0.0125. The van der Waals surface area contributed by atoms with E-state index in [1.54, 1.807) is 14.0 Å². The lowest BCUT2D eigenvalue weighted by atomic mass is 9.85. The zero-order valence-electron chi connectivity index (χ0n) is 11.8. The third-order valence-electron chi connectivity index (χ3n) is 4.54. The Balaban J connectivity index is 1.86. The summed E-state index contributed by atoms with van der Waals surface area (Å²) in [5, 5.41) is 3.98. The Morgan fingerprint density at radius 1 is 1.35 bits per heavy atom. The van der Waals surface area contributed by atoms with Crippen LogP contribution in [-0.4, -0.2) is 48.8 Å². The molecule has 8 heteroatoms. The quantitative estimate of drug-likeness (QED) is 0.798. The lowest BCUT2D eigenvalue weighted by Gasteiger charge is -2.44. The van der Waals surface area contributed by atoms with Crippen LogP contribution in [0.3, 0.4) is 0 Å². The van der Waals surface area contributed by atoms with Gasteiger partial charge >= 0.3 is 0 Å². The van der Waals surface area contributed by atoms with Gasteiger partial charge in [0.25, 0.3) is 0 Å². The van der Waals surface area contributed by atoms with E-state index < -0.39 is 10.0 Å². The van der Waals surface area contributed by atoms with Gasteiger partial charge in [-0.3, -0.25) is 4.68 Å². The summed E-state index contributed by atoms with van der Waals surface area (Å²) in [6.07, 6.45) is 2.13. The molecule has 0 amide bonds. The fourth-order valence-corrected chi connectivity index (χ4v) is 4.92. The van der Waals surface area contributed by atoms with Crippen molar-refractivity contribution in [2.45, 2.75) is 30.7 Å². The van der Waals surface area contributed by atoms with E-state index >= 15 is 0 Å². The zero-order valence-corrected chi connectivity index (χ0v) is 12.7. The number of rotatable bonds is 3. The SMILES string of the molecule is Cc1c(S(=O)(=O)NC2CN3CCC2CC3)c(N)nn1C. The number of nitrogen functional groups attached to an aromatic ring is 1. The van der Waals surface area contributed by atoms with Gasteiger partial charge in [-0.2, -0.15) is 5.10 Å². The first-order valence-corrected chi connectivity index (χ1v) is 8.40. The standard InChI is InChI=1S/C12H21N5O2S/c1-8-11(12(13)14-16(8)2)20(18,19)15-10-7-17-5-3-9(10)4-6-17/h9-10,15H,3-7H2,1-2H3,(H2,13,14).